The van der Waals surface area contributed by atoms with Gasteiger partial charge in [0.25, 0.3) is 25.9 Å². The molecule has 3 amide bonds. The van der Waals surface area contributed by atoms with E-state index in [0.717, 1.165) is 71.1 Å². The number of piperazine rings is 1. The lowest BCUT2D eigenvalue weighted by Crippen LogP contribution is -2.48. The quantitative estimate of drug-likeness (QED) is 0.0114. The molecule has 37 heteroatoms. The third-order valence-electron chi connectivity index (χ3n) is 17.6. The smallest absolute Gasteiger partial charge is 0.411 e. The number of piperidine rings is 1. The van der Waals surface area contributed by atoms with E-state index in [-0.39, 0.29) is 59.5 Å². The molecular formula is C86H115Cl2N13O18S4. The molecule has 8 aromatic rings. The summed E-state index contributed by atoms with van der Waals surface area (Å²) in [5.41, 5.74) is 5.61. The van der Waals surface area contributed by atoms with Crippen LogP contribution in [0.4, 0.5) is 26.8 Å². The molecule has 0 aliphatic carbocycles. The number of para-hydroxylation sites is 3. The van der Waals surface area contributed by atoms with Crippen LogP contribution in [0.5, 0.6) is 0 Å². The lowest BCUT2D eigenvalue weighted by Gasteiger charge is -2.29. The number of nitrogens with two attached hydrogens (primary N) is 1. The summed E-state index contributed by atoms with van der Waals surface area (Å²) < 4.78 is 101. The van der Waals surface area contributed by atoms with E-state index in [1.807, 2.05) is 42.8 Å². The van der Waals surface area contributed by atoms with Gasteiger partial charge < -0.3 is 45.2 Å². The van der Waals surface area contributed by atoms with Crippen molar-refractivity contribution in [3.8, 4) is 11.4 Å². The maximum atomic E-state index is 13.0. The van der Waals surface area contributed by atoms with Gasteiger partial charge in [-0.05, 0) is 198 Å². The van der Waals surface area contributed by atoms with Crippen molar-refractivity contribution in [3.63, 3.8) is 0 Å². The molecule has 670 valence electrons. The first-order chi connectivity index (χ1) is 59.6. The SMILES string of the molecule is C1CCNCC1.C1CCSC1.CC(C)(C)OC(=O)N1C[C@@H](OS(=O)(=O)c2ccccc2)C[C@@H]1C(=O)N1CCSC1.CC(C)(C)OC(=O)N1C[C@@H](OS(=O)(=O)c2ccccc2)C[C@@H]1C(=O)O.CCOC(=O)CC(C)=O.O=[N+]([O-])c1ccc(Cl)cc1.[2H]c1ccc(-n2nc(C)cc2Cl)cc1.[2H]c1ccc(-n2nc(C)cc2N2CCNCC2)cc1.[2H]c1ccc(NN)cc1. The van der Waals surface area contributed by atoms with E-state index in [1.165, 1.54) is 117 Å². The second-order valence-electron chi connectivity index (χ2n) is 30.0. The van der Waals surface area contributed by atoms with Crippen molar-refractivity contribution in [2.24, 2.45) is 5.84 Å². The zero-order chi connectivity index (χ0) is 92.7. The van der Waals surface area contributed by atoms with Gasteiger partial charge in [-0.25, -0.2) is 23.7 Å². The van der Waals surface area contributed by atoms with Gasteiger partial charge in [-0.2, -0.15) is 38.8 Å². The summed E-state index contributed by atoms with van der Waals surface area (Å²) in [6.45, 7) is 24.4. The molecule has 0 saturated carbocycles. The Morgan fingerprint density at radius 3 is 1.48 bits per heavy atom. The number of Topliss-reactive ketones (excluding diaryl/α,β-unsaturated/α-hetero) is 1. The van der Waals surface area contributed by atoms with Crippen molar-refractivity contribution in [1.29, 1.82) is 0 Å². The number of hydrogen-bond acceptors (Lipinski definition) is 26. The number of amides is 3. The number of carboxylic acid groups (broad SMARTS) is 1. The van der Waals surface area contributed by atoms with Crippen LogP contribution in [0.2, 0.25) is 10.2 Å². The second kappa shape index (κ2) is 52.2. The molecule has 8 heterocycles. The lowest BCUT2D eigenvalue weighted by atomic mass is 10.1. The number of nitrogens with one attached hydrogen (secondary N) is 3. The number of nitro groups is 1. The molecule has 6 aliphatic rings. The Hall–Kier alpha value is -9.66. The maximum absolute atomic E-state index is 13.0. The number of rotatable bonds is 16. The number of aryl methyl sites for hydroxylation is 2. The number of aromatic nitrogens is 4. The van der Waals surface area contributed by atoms with E-state index in [4.69, 9.17) is 51.0 Å². The number of carbonyl (C=O) groups is 6. The molecular weight excluding hydrogens is 1700 g/mol. The molecule has 6 fully saturated rings. The Morgan fingerprint density at radius 2 is 1.08 bits per heavy atom. The molecule has 6 saturated heterocycles. The number of non-ortho nitro benzene ring substituents is 1. The molecule has 2 aromatic heterocycles. The number of aliphatic carboxylic acids is 1. The minimum Gasteiger partial charge on any atom is -0.480 e. The van der Waals surface area contributed by atoms with Crippen molar-refractivity contribution < 1.29 is 82.3 Å². The van der Waals surface area contributed by atoms with E-state index in [0.29, 0.717) is 47.3 Å². The van der Waals surface area contributed by atoms with Crippen LogP contribution in [0.1, 0.15) is 122 Å². The molecule has 4 atom stereocenters. The van der Waals surface area contributed by atoms with Crippen molar-refractivity contribution in [1.82, 2.24) is 44.9 Å². The average Bonchev–Trinajstić information content (AvgIpc) is 1.63. The van der Waals surface area contributed by atoms with Crippen molar-refractivity contribution in [2.75, 3.05) is 99.0 Å². The minimum atomic E-state index is -4.05. The molecule has 6 aromatic carbocycles. The topological polar surface area (TPSA) is 391 Å². The third kappa shape index (κ3) is 37.4. The molecule has 0 spiro atoms. The number of nitro benzene ring substituents is 1. The molecule has 6 N–H and O–H groups in total. The predicted molar refractivity (Wildman–Crippen MR) is 481 cm³/mol. The largest absolute Gasteiger partial charge is 0.480 e. The van der Waals surface area contributed by atoms with Crippen LogP contribution >= 0.6 is 46.7 Å². The van der Waals surface area contributed by atoms with Gasteiger partial charge in [0.1, 0.15) is 46.5 Å². The van der Waals surface area contributed by atoms with Gasteiger partial charge in [0.05, 0.1) is 79.4 Å². The Bertz CT molecular complexity index is 4940. The van der Waals surface area contributed by atoms with Gasteiger partial charge in [-0.3, -0.25) is 48.5 Å². The number of halogens is 2. The zero-order valence-corrected chi connectivity index (χ0v) is 75.7. The summed E-state index contributed by atoms with van der Waals surface area (Å²) in [6.07, 6.45) is 3.76. The fraction of sp³-hybridized carbons (Fsp3) is 0.442. The van der Waals surface area contributed by atoms with Crippen LogP contribution in [-0.4, -0.2) is 221 Å². The highest BCUT2D eigenvalue weighted by molar-refractivity contribution is 7.99. The summed E-state index contributed by atoms with van der Waals surface area (Å²) >= 11 is 15.2. The summed E-state index contributed by atoms with van der Waals surface area (Å²) in [7, 11) is -8.05. The monoisotopic (exact) mass is 1820 g/mol. The number of hydrogen-bond donors (Lipinski definition) is 5. The Labute approximate surface area is 744 Å². The van der Waals surface area contributed by atoms with Crippen LogP contribution in [0, 0.1) is 24.0 Å². The van der Waals surface area contributed by atoms with Crippen LogP contribution in [-0.2, 0) is 62.0 Å². The van der Waals surface area contributed by atoms with E-state index >= 15 is 0 Å². The fourth-order valence-electron chi connectivity index (χ4n) is 11.9. The van der Waals surface area contributed by atoms with Crippen LogP contribution in [0.15, 0.2) is 198 Å². The molecule has 0 unspecified atom stereocenters. The van der Waals surface area contributed by atoms with Crippen molar-refractivity contribution >= 4 is 120 Å². The highest BCUT2D eigenvalue weighted by Gasteiger charge is 2.47. The van der Waals surface area contributed by atoms with E-state index in [9.17, 15) is 60.8 Å². The van der Waals surface area contributed by atoms with Gasteiger partial charge in [-0.1, -0.05) is 121 Å². The van der Waals surface area contributed by atoms with Crippen LogP contribution in [0.3, 0.4) is 0 Å². The number of anilines is 2. The highest BCUT2D eigenvalue weighted by atomic mass is 35.5. The summed E-state index contributed by atoms with van der Waals surface area (Å²) in [4.78, 5) is 85.8. The number of nitrogens with zero attached hydrogens (tertiary/aromatic N) is 9. The van der Waals surface area contributed by atoms with Gasteiger partial charge in [0.2, 0.25) is 5.91 Å². The number of likely N-dealkylation sites (tertiary alicyclic amines) is 2. The van der Waals surface area contributed by atoms with Gasteiger partial charge in [0.15, 0.2) is 0 Å². The predicted octanol–water partition coefficient (Wildman–Crippen LogP) is 14.6. The average molecular weight is 1820 g/mol. The van der Waals surface area contributed by atoms with Gasteiger partial charge in [-0.15, -0.1) is 11.8 Å². The Kier molecular flexibility index (Phi) is 41.2. The van der Waals surface area contributed by atoms with E-state index in [1.54, 1.807) is 161 Å². The number of hydrazine groups is 1. The number of benzene rings is 6. The Balaban J connectivity index is 0.000000230. The number of thioether (sulfide) groups is 2. The number of nitrogen functional groups attached to an aromatic ring is 1. The number of ketones is 1. The summed E-state index contributed by atoms with van der Waals surface area (Å²) in [5.74, 6) is 8.41. The Morgan fingerprint density at radius 1 is 0.618 bits per heavy atom. The normalized spacial score (nSPS) is 17.5. The van der Waals surface area contributed by atoms with Gasteiger partial charge in [0, 0.05) is 80.2 Å². The number of carbonyl (C=O) groups excluding carboxylic acids is 5. The van der Waals surface area contributed by atoms with E-state index < -0.39 is 84.8 Å². The maximum Gasteiger partial charge on any atom is 0.411 e. The molecule has 0 radical (unpaired) electrons. The molecule has 31 nitrogen and oxygen atoms in total. The van der Waals surface area contributed by atoms with Crippen LogP contribution in [0.25, 0.3) is 11.4 Å². The molecule has 6 aliphatic heterocycles. The highest BCUT2D eigenvalue weighted by Crippen LogP contribution is 2.31. The first-order valence-corrected chi connectivity index (χ1v) is 45.8. The first kappa shape index (κ1) is 97.2. The third-order valence-corrected chi connectivity index (χ3v) is 23.0. The van der Waals surface area contributed by atoms with Crippen molar-refractivity contribution in [2.45, 2.75) is 166 Å². The standard InChI is InChI=1S/C19H26N2O6S2.C16H21NO7S.C14H18N4.C10H9ClN2.C6H4ClNO2.C6H8N2.C6H10O3.C5H11N.C4H8S/c1-19(2,3)26-18(23)21-12-14(11-16(21)17(22)20-9-10-28-13-20)27-29(24,25)15-7-5-4-6-8-15;1-16(2,3)23-15(20)17-10-11(9-13(17)14(18)19)24-25(21,22)12-7-5-4-6-8-12;1-12-11-14(17-9-7-15-8-10-17)18(16-12)13-5-3-2-4-6-13;1-8-7-10(11)13(12-8)9-5-3-2-4-6-9;7-5-1-3-6(4-2-5)8(9)10;7-8-6-4-2-1-3-5-6;1-3-9-6(8)4-5(2)7;1-2-4-6-5-3-1;1-2-4-5-3-1/h4-8,14,16H,9-13H2,1-3H3;4-8,11,13H,9-10H2,1-3H3,(H,18,19);2-6,11,15H,7-10H2,1H3;2-7H,1H3;1-4H;1-5,8H,7H2;3-4H2,1-2H3;6H,1-5H2;1-4H2/t14-,16+;11-,13+;;;;;;;/m00......./s1/i;;2*2D;;1D;;;. The number of esters is 1. The summed E-state index contributed by atoms with van der Waals surface area (Å²) in [6, 6.07) is 45.9. The lowest BCUT2D eigenvalue weighted by molar-refractivity contribution is -0.384. The minimum absolute atomic E-state index is 0.0294. The zero-order valence-electron chi connectivity index (χ0n) is 73.9. The molecule has 0 bridgehead atoms. The number of ether oxygens (including phenoxy) is 3. The fourth-order valence-corrected chi connectivity index (χ4v) is 16.5. The summed E-state index contributed by atoms with van der Waals surface area (Å²) in [5, 5.41) is 35.9. The van der Waals surface area contributed by atoms with Crippen LogP contribution < -0.4 is 26.8 Å². The first-order valence-electron chi connectivity index (χ1n) is 41.5. The molecule has 14 rings (SSSR count). The van der Waals surface area contributed by atoms with E-state index in [2.05, 4.69) is 53.7 Å². The molecule has 123 heavy (non-hydrogen) atoms. The number of carboxylic acids is 1. The van der Waals surface area contributed by atoms with Crippen molar-refractivity contribution in [3.05, 3.63) is 220 Å². The second-order valence-corrected chi connectivity index (χ2v) is 36.3. The van der Waals surface area contributed by atoms with Gasteiger partial charge >= 0.3 is 24.1 Å².